The number of ether oxygens (including phenoxy) is 2. The molecule has 10 nitrogen and oxygen atoms in total. The van der Waals surface area contributed by atoms with Crippen LogP contribution in [0.3, 0.4) is 0 Å². The van der Waals surface area contributed by atoms with Gasteiger partial charge in [-0.2, -0.15) is 9.97 Å². The fraction of sp³-hybridized carbons (Fsp3) is 0.273. The predicted molar refractivity (Wildman–Crippen MR) is 117 cm³/mol. The van der Waals surface area contributed by atoms with Crippen LogP contribution >= 0.6 is 0 Å². The standard InChI is InChI=1S/C22H20FN7O3/c23-13-3-4-16-17(10-13)29(12-25-16)21-27-19-18(20(28-21)33-15-2-1-7-24-11-15)26-22(31)30(19)14-5-8-32-9-6-14/h1-4,7,10-12,14,22,26,31H,5-6,8-9H2. The lowest BCUT2D eigenvalue weighted by molar-refractivity contribution is 0.0732. The van der Waals surface area contributed by atoms with Gasteiger partial charge >= 0.3 is 0 Å². The summed E-state index contributed by atoms with van der Waals surface area (Å²) < 4.78 is 27.1. The van der Waals surface area contributed by atoms with Gasteiger partial charge in [0.2, 0.25) is 18.2 Å². The molecule has 1 aromatic carbocycles. The summed E-state index contributed by atoms with van der Waals surface area (Å²) in [5.74, 6) is 1.05. The zero-order valence-corrected chi connectivity index (χ0v) is 17.4. The van der Waals surface area contributed by atoms with Gasteiger partial charge in [-0.15, -0.1) is 0 Å². The summed E-state index contributed by atoms with van der Waals surface area (Å²) in [5, 5.41) is 13.9. The lowest BCUT2D eigenvalue weighted by Gasteiger charge is -2.33. The van der Waals surface area contributed by atoms with E-state index in [0.29, 0.717) is 41.5 Å². The summed E-state index contributed by atoms with van der Waals surface area (Å²) in [5.41, 5.74) is 1.60. The zero-order valence-electron chi connectivity index (χ0n) is 17.4. The van der Waals surface area contributed by atoms with Gasteiger partial charge < -0.3 is 24.8 Å². The molecule has 33 heavy (non-hydrogen) atoms. The monoisotopic (exact) mass is 449 g/mol. The highest BCUT2D eigenvalue weighted by molar-refractivity contribution is 5.80. The van der Waals surface area contributed by atoms with Crippen LogP contribution in [-0.4, -0.2) is 55.2 Å². The van der Waals surface area contributed by atoms with Crippen molar-refractivity contribution < 1.29 is 19.0 Å². The lowest BCUT2D eigenvalue weighted by atomic mass is 10.1. The third-order valence-electron chi connectivity index (χ3n) is 5.78. The number of aliphatic hydroxyl groups is 1. The SMILES string of the molecule is OC1Nc2c(Oc3cccnc3)nc(-n3cnc4ccc(F)cc43)nc2N1C1CCOCC1. The van der Waals surface area contributed by atoms with Crippen molar-refractivity contribution in [2.75, 3.05) is 23.4 Å². The molecule has 6 rings (SSSR count). The number of hydrogen-bond acceptors (Lipinski definition) is 9. The molecule has 5 heterocycles. The molecule has 0 amide bonds. The molecule has 11 heteroatoms. The van der Waals surface area contributed by atoms with Crippen LogP contribution in [0.25, 0.3) is 17.0 Å². The van der Waals surface area contributed by atoms with Crippen molar-refractivity contribution in [3.63, 3.8) is 0 Å². The maximum absolute atomic E-state index is 14.0. The fourth-order valence-electron chi connectivity index (χ4n) is 4.22. The van der Waals surface area contributed by atoms with Crippen molar-refractivity contribution in [3.8, 4) is 17.6 Å². The number of aromatic nitrogens is 5. The molecule has 4 aromatic rings. The number of fused-ring (bicyclic) bond motifs is 2. The van der Waals surface area contributed by atoms with E-state index in [0.717, 1.165) is 12.8 Å². The zero-order chi connectivity index (χ0) is 22.4. The number of nitrogens with one attached hydrogen (secondary N) is 1. The molecule has 168 valence electrons. The molecule has 2 aliphatic rings. The Bertz CT molecular complexity index is 1310. The van der Waals surface area contributed by atoms with E-state index in [2.05, 4.69) is 20.3 Å². The first-order valence-electron chi connectivity index (χ1n) is 10.6. The molecule has 0 spiro atoms. The number of nitrogens with zero attached hydrogens (tertiary/aromatic N) is 6. The van der Waals surface area contributed by atoms with E-state index in [1.807, 2.05) is 4.90 Å². The second kappa shape index (κ2) is 7.94. The van der Waals surface area contributed by atoms with Gasteiger partial charge in [0.15, 0.2) is 5.82 Å². The maximum Gasteiger partial charge on any atom is 0.250 e. The van der Waals surface area contributed by atoms with Gasteiger partial charge in [0.1, 0.15) is 23.6 Å². The number of pyridine rings is 1. The van der Waals surface area contributed by atoms with E-state index in [1.165, 1.54) is 18.5 Å². The smallest absolute Gasteiger partial charge is 0.250 e. The molecule has 2 aliphatic heterocycles. The Morgan fingerprint density at radius 2 is 2.06 bits per heavy atom. The Hall–Kier alpha value is -3.83. The second-order valence-corrected chi connectivity index (χ2v) is 7.83. The minimum absolute atomic E-state index is 0.0217. The van der Waals surface area contributed by atoms with Gasteiger partial charge in [-0.05, 0) is 37.1 Å². The van der Waals surface area contributed by atoms with Crippen molar-refractivity contribution in [1.29, 1.82) is 0 Å². The highest BCUT2D eigenvalue weighted by Crippen LogP contribution is 2.43. The number of anilines is 2. The summed E-state index contributed by atoms with van der Waals surface area (Å²) in [6, 6.07) is 7.86. The van der Waals surface area contributed by atoms with Crippen molar-refractivity contribution in [1.82, 2.24) is 24.5 Å². The summed E-state index contributed by atoms with van der Waals surface area (Å²) in [7, 11) is 0. The Morgan fingerprint density at radius 1 is 1.18 bits per heavy atom. The Kier molecular flexibility index (Phi) is 4.77. The van der Waals surface area contributed by atoms with Gasteiger partial charge in [0.05, 0.1) is 17.2 Å². The van der Waals surface area contributed by atoms with E-state index >= 15 is 0 Å². The maximum atomic E-state index is 14.0. The molecular weight excluding hydrogens is 429 g/mol. The van der Waals surface area contributed by atoms with Crippen molar-refractivity contribution in [2.24, 2.45) is 0 Å². The van der Waals surface area contributed by atoms with E-state index in [1.54, 1.807) is 35.2 Å². The highest BCUT2D eigenvalue weighted by atomic mass is 19.1. The first-order chi connectivity index (χ1) is 16.2. The number of imidazole rings is 1. The third-order valence-corrected chi connectivity index (χ3v) is 5.78. The molecule has 3 aromatic heterocycles. The minimum atomic E-state index is -0.999. The molecule has 2 N–H and O–H groups in total. The summed E-state index contributed by atoms with van der Waals surface area (Å²) >= 11 is 0. The van der Waals surface area contributed by atoms with Crippen LogP contribution in [0.4, 0.5) is 15.9 Å². The molecule has 1 unspecified atom stereocenters. The first kappa shape index (κ1) is 19.8. The van der Waals surface area contributed by atoms with Gasteiger partial charge in [-0.1, -0.05) is 0 Å². The molecule has 0 saturated carbocycles. The number of halogens is 1. The minimum Gasteiger partial charge on any atom is -0.435 e. The number of benzene rings is 1. The summed E-state index contributed by atoms with van der Waals surface area (Å²) in [4.78, 5) is 19.6. The lowest BCUT2D eigenvalue weighted by Crippen LogP contribution is -2.46. The van der Waals surface area contributed by atoms with E-state index in [9.17, 15) is 9.50 Å². The quantitative estimate of drug-likeness (QED) is 0.486. The van der Waals surface area contributed by atoms with Crippen LogP contribution in [-0.2, 0) is 4.74 Å². The molecule has 1 saturated heterocycles. The van der Waals surface area contributed by atoms with Crippen LogP contribution in [0, 0.1) is 5.82 Å². The molecular formula is C22H20FN7O3. The fourth-order valence-corrected chi connectivity index (χ4v) is 4.22. The van der Waals surface area contributed by atoms with Gasteiger partial charge in [0, 0.05) is 31.5 Å². The third kappa shape index (κ3) is 3.51. The van der Waals surface area contributed by atoms with Gasteiger partial charge in [0.25, 0.3) is 0 Å². The topological polar surface area (TPSA) is 110 Å². The van der Waals surface area contributed by atoms with Gasteiger partial charge in [-0.3, -0.25) is 9.55 Å². The Labute approximate surface area is 187 Å². The van der Waals surface area contributed by atoms with Gasteiger partial charge in [-0.25, -0.2) is 9.37 Å². The van der Waals surface area contributed by atoms with E-state index in [4.69, 9.17) is 14.5 Å². The van der Waals surface area contributed by atoms with Crippen molar-refractivity contribution in [3.05, 3.63) is 54.9 Å². The first-order valence-corrected chi connectivity index (χ1v) is 10.6. The Balaban J connectivity index is 1.51. The average molecular weight is 449 g/mol. The van der Waals surface area contributed by atoms with Crippen LogP contribution in [0.15, 0.2) is 49.1 Å². The average Bonchev–Trinajstić information content (AvgIpc) is 3.40. The molecule has 0 aliphatic carbocycles. The summed E-state index contributed by atoms with van der Waals surface area (Å²) in [6.07, 6.45) is 5.24. The molecule has 1 fully saturated rings. The second-order valence-electron chi connectivity index (χ2n) is 7.83. The number of aliphatic hydroxyl groups excluding tert-OH is 1. The number of hydrogen-bond donors (Lipinski definition) is 2. The van der Waals surface area contributed by atoms with Crippen LogP contribution in [0.5, 0.6) is 11.6 Å². The van der Waals surface area contributed by atoms with Crippen molar-refractivity contribution >= 4 is 22.5 Å². The highest BCUT2D eigenvalue weighted by Gasteiger charge is 2.38. The largest absolute Gasteiger partial charge is 0.435 e. The molecule has 0 radical (unpaired) electrons. The number of rotatable bonds is 4. The van der Waals surface area contributed by atoms with E-state index in [-0.39, 0.29) is 17.9 Å². The van der Waals surface area contributed by atoms with E-state index < -0.39 is 12.2 Å². The van der Waals surface area contributed by atoms with Crippen LogP contribution < -0.4 is 15.0 Å². The van der Waals surface area contributed by atoms with Crippen molar-refractivity contribution in [2.45, 2.75) is 25.2 Å². The van der Waals surface area contributed by atoms with Crippen LogP contribution in [0.1, 0.15) is 12.8 Å². The summed E-state index contributed by atoms with van der Waals surface area (Å²) in [6.45, 7) is 1.21. The Morgan fingerprint density at radius 3 is 2.88 bits per heavy atom. The molecule has 0 bridgehead atoms. The normalized spacial score (nSPS) is 18.4. The molecule has 1 atom stereocenters. The predicted octanol–water partition coefficient (Wildman–Crippen LogP) is 2.83. The van der Waals surface area contributed by atoms with Crippen LogP contribution in [0.2, 0.25) is 0 Å².